The van der Waals surface area contributed by atoms with Gasteiger partial charge in [0.1, 0.15) is 6.04 Å². The number of amides is 1. The summed E-state index contributed by atoms with van der Waals surface area (Å²) in [7, 11) is -3.71. The Hall–Kier alpha value is -1.89. The Kier molecular flexibility index (Phi) is 5.42. The molecule has 0 spiro atoms. The van der Waals surface area contributed by atoms with Crippen LogP contribution in [0.15, 0.2) is 59.5 Å². The van der Waals surface area contributed by atoms with Crippen LogP contribution in [0.4, 0.5) is 5.69 Å². The van der Waals surface area contributed by atoms with E-state index in [-0.39, 0.29) is 10.8 Å². The minimum absolute atomic E-state index is 0.206. The average Bonchev–Trinajstić information content (AvgIpc) is 2.62. The molecule has 0 bridgehead atoms. The molecule has 1 heterocycles. The maximum Gasteiger partial charge on any atom is 0.243 e. The number of carbonyl (C=O) groups is 1. The van der Waals surface area contributed by atoms with Crippen LogP contribution < -0.4 is 5.32 Å². The van der Waals surface area contributed by atoms with Crippen molar-refractivity contribution in [1.29, 1.82) is 0 Å². The fourth-order valence-corrected chi connectivity index (χ4v) is 4.84. The maximum absolute atomic E-state index is 12.9. The van der Waals surface area contributed by atoms with Crippen LogP contribution in [0.25, 0.3) is 0 Å². The second-order valence-corrected chi connectivity index (χ2v) is 8.27. The quantitative estimate of drug-likeness (QED) is 0.885. The lowest BCUT2D eigenvalue weighted by Gasteiger charge is -2.33. The highest BCUT2D eigenvalue weighted by Gasteiger charge is 2.37. The molecule has 132 valence electrons. The third-order valence-electron chi connectivity index (χ3n) is 4.20. The van der Waals surface area contributed by atoms with Gasteiger partial charge in [0.2, 0.25) is 15.9 Å². The number of anilines is 1. The highest BCUT2D eigenvalue weighted by molar-refractivity contribution is 7.89. The number of hydrogen-bond acceptors (Lipinski definition) is 3. The van der Waals surface area contributed by atoms with Gasteiger partial charge in [-0.05, 0) is 43.2 Å². The molecule has 1 amide bonds. The highest BCUT2D eigenvalue weighted by atomic mass is 35.5. The van der Waals surface area contributed by atoms with Gasteiger partial charge >= 0.3 is 0 Å². The summed E-state index contributed by atoms with van der Waals surface area (Å²) >= 11 is 5.94. The standard InChI is InChI=1S/C18H19ClN2O3S/c19-14-7-6-8-15(13-14)20-18(22)17-11-4-5-12-21(17)25(23,24)16-9-2-1-3-10-16/h1-3,6-10,13,17H,4-5,11-12H2,(H,20,22)/t17-/m1/s1. The minimum Gasteiger partial charge on any atom is -0.325 e. The topological polar surface area (TPSA) is 66.5 Å². The number of halogens is 1. The lowest BCUT2D eigenvalue weighted by atomic mass is 10.0. The lowest BCUT2D eigenvalue weighted by molar-refractivity contribution is -0.120. The maximum atomic E-state index is 12.9. The molecule has 1 fully saturated rings. The van der Waals surface area contributed by atoms with E-state index < -0.39 is 16.1 Å². The molecule has 2 aromatic carbocycles. The van der Waals surface area contributed by atoms with Gasteiger partial charge in [-0.2, -0.15) is 4.31 Å². The Morgan fingerprint density at radius 2 is 1.84 bits per heavy atom. The molecule has 0 unspecified atom stereocenters. The van der Waals surface area contributed by atoms with Gasteiger partial charge in [0.25, 0.3) is 0 Å². The lowest BCUT2D eigenvalue weighted by Crippen LogP contribution is -2.49. The second kappa shape index (κ2) is 7.56. The first-order valence-electron chi connectivity index (χ1n) is 8.12. The van der Waals surface area contributed by atoms with Gasteiger partial charge in [-0.3, -0.25) is 4.79 Å². The molecule has 1 aliphatic heterocycles. The Bertz CT molecular complexity index is 856. The number of nitrogens with one attached hydrogen (secondary N) is 1. The third kappa shape index (κ3) is 4.03. The zero-order valence-corrected chi connectivity index (χ0v) is 15.1. The molecule has 0 aliphatic carbocycles. The predicted molar refractivity (Wildman–Crippen MR) is 98.1 cm³/mol. The number of piperidine rings is 1. The zero-order chi connectivity index (χ0) is 17.9. The van der Waals surface area contributed by atoms with Crippen LogP contribution in [-0.4, -0.2) is 31.2 Å². The van der Waals surface area contributed by atoms with Crippen LogP contribution in [0.3, 0.4) is 0 Å². The molecule has 1 aliphatic rings. The van der Waals surface area contributed by atoms with E-state index in [1.54, 1.807) is 54.6 Å². The molecule has 5 nitrogen and oxygen atoms in total. The zero-order valence-electron chi connectivity index (χ0n) is 13.6. The molecule has 1 saturated heterocycles. The van der Waals surface area contributed by atoms with Crippen LogP contribution in [0.5, 0.6) is 0 Å². The van der Waals surface area contributed by atoms with Crippen molar-refractivity contribution in [3.05, 3.63) is 59.6 Å². The summed E-state index contributed by atoms with van der Waals surface area (Å²) in [6.07, 6.45) is 2.06. The first-order chi connectivity index (χ1) is 12.0. The van der Waals surface area contributed by atoms with Crippen molar-refractivity contribution < 1.29 is 13.2 Å². The molecule has 25 heavy (non-hydrogen) atoms. The van der Waals surface area contributed by atoms with Gasteiger partial charge in [-0.1, -0.05) is 42.3 Å². The van der Waals surface area contributed by atoms with E-state index in [0.29, 0.717) is 23.7 Å². The molecular weight excluding hydrogens is 360 g/mol. The predicted octanol–water partition coefficient (Wildman–Crippen LogP) is 3.52. The van der Waals surface area contributed by atoms with Crippen LogP contribution in [0.2, 0.25) is 5.02 Å². The minimum atomic E-state index is -3.71. The Labute approximate surface area is 152 Å². The second-order valence-electron chi connectivity index (χ2n) is 5.94. The van der Waals surface area contributed by atoms with Crippen LogP contribution in [0, 0.1) is 0 Å². The van der Waals surface area contributed by atoms with E-state index in [1.165, 1.54) is 4.31 Å². The van der Waals surface area contributed by atoms with Gasteiger partial charge in [0, 0.05) is 17.3 Å². The summed E-state index contributed by atoms with van der Waals surface area (Å²) in [6, 6.07) is 14.3. The summed E-state index contributed by atoms with van der Waals surface area (Å²) in [5.41, 5.74) is 0.556. The number of nitrogens with zero attached hydrogens (tertiary/aromatic N) is 1. The van der Waals surface area contributed by atoms with E-state index in [0.717, 1.165) is 12.8 Å². The molecule has 7 heteroatoms. The smallest absolute Gasteiger partial charge is 0.243 e. The summed E-state index contributed by atoms with van der Waals surface area (Å²) in [6.45, 7) is 0.338. The van der Waals surface area contributed by atoms with Gasteiger partial charge in [0.15, 0.2) is 0 Å². The van der Waals surface area contributed by atoms with Crippen LogP contribution >= 0.6 is 11.6 Å². The third-order valence-corrected chi connectivity index (χ3v) is 6.36. The van der Waals surface area contributed by atoms with Crippen molar-refractivity contribution in [1.82, 2.24) is 4.31 Å². The van der Waals surface area contributed by atoms with Gasteiger partial charge in [-0.25, -0.2) is 8.42 Å². The van der Waals surface area contributed by atoms with Crippen LogP contribution in [0.1, 0.15) is 19.3 Å². The van der Waals surface area contributed by atoms with Gasteiger partial charge < -0.3 is 5.32 Å². The normalized spacial score (nSPS) is 18.7. The number of carbonyl (C=O) groups excluding carboxylic acids is 1. The molecule has 0 aromatic heterocycles. The highest BCUT2D eigenvalue weighted by Crippen LogP contribution is 2.26. The molecular formula is C18H19ClN2O3S. The van der Waals surface area contributed by atoms with Crippen molar-refractivity contribution in [3.63, 3.8) is 0 Å². The SMILES string of the molecule is O=C(Nc1cccc(Cl)c1)[C@H]1CCCCN1S(=O)(=O)c1ccccc1. The summed E-state index contributed by atoms with van der Waals surface area (Å²) < 4.78 is 27.2. The van der Waals surface area contributed by atoms with E-state index in [2.05, 4.69) is 5.32 Å². The van der Waals surface area contributed by atoms with E-state index in [4.69, 9.17) is 11.6 Å². The first kappa shape index (κ1) is 17.9. The summed E-state index contributed by atoms with van der Waals surface area (Å²) in [4.78, 5) is 12.9. The fraction of sp³-hybridized carbons (Fsp3) is 0.278. The number of hydrogen-bond donors (Lipinski definition) is 1. The Morgan fingerprint density at radius 1 is 1.08 bits per heavy atom. The van der Waals surface area contributed by atoms with Crippen molar-refractivity contribution in [3.8, 4) is 0 Å². The summed E-state index contributed by atoms with van der Waals surface area (Å²) in [5.74, 6) is -0.332. The van der Waals surface area contributed by atoms with E-state index >= 15 is 0 Å². The molecule has 1 N–H and O–H groups in total. The van der Waals surface area contributed by atoms with E-state index in [9.17, 15) is 13.2 Å². The first-order valence-corrected chi connectivity index (χ1v) is 9.93. The van der Waals surface area contributed by atoms with Crippen molar-refractivity contribution in [2.24, 2.45) is 0 Å². The van der Waals surface area contributed by atoms with Crippen molar-refractivity contribution in [2.45, 2.75) is 30.2 Å². The fourth-order valence-electron chi connectivity index (χ4n) is 2.97. The van der Waals surface area contributed by atoms with E-state index in [1.807, 2.05) is 0 Å². The monoisotopic (exact) mass is 378 g/mol. The summed E-state index contributed by atoms with van der Waals surface area (Å²) in [5, 5.41) is 3.29. The van der Waals surface area contributed by atoms with Crippen LogP contribution in [-0.2, 0) is 14.8 Å². The Balaban J connectivity index is 1.84. The average molecular weight is 379 g/mol. The number of rotatable bonds is 4. The molecule has 2 aromatic rings. The van der Waals surface area contributed by atoms with Gasteiger partial charge in [-0.15, -0.1) is 0 Å². The Morgan fingerprint density at radius 3 is 2.56 bits per heavy atom. The number of benzene rings is 2. The van der Waals surface area contributed by atoms with Gasteiger partial charge in [0.05, 0.1) is 4.90 Å². The largest absolute Gasteiger partial charge is 0.325 e. The molecule has 1 atom stereocenters. The molecule has 0 radical (unpaired) electrons. The number of sulfonamides is 1. The molecule has 3 rings (SSSR count). The van der Waals surface area contributed by atoms with Crippen molar-refractivity contribution in [2.75, 3.05) is 11.9 Å². The van der Waals surface area contributed by atoms with Crippen molar-refractivity contribution >= 4 is 33.2 Å². The molecule has 0 saturated carbocycles.